The summed E-state index contributed by atoms with van der Waals surface area (Å²) in [5.74, 6) is -1.12. The first-order chi connectivity index (χ1) is 11.6. The summed E-state index contributed by atoms with van der Waals surface area (Å²) in [7, 11) is 1.21. The highest BCUT2D eigenvalue weighted by molar-refractivity contribution is 8.18. The second-order valence-electron chi connectivity index (χ2n) is 4.98. The van der Waals surface area contributed by atoms with Gasteiger partial charge in [-0.25, -0.2) is 0 Å². The Morgan fingerprint density at radius 3 is 2.62 bits per heavy atom. The third-order valence-electron chi connectivity index (χ3n) is 3.48. The molecule has 0 saturated carbocycles. The third-order valence-corrected chi connectivity index (χ3v) is 4.39. The van der Waals surface area contributed by atoms with Crippen molar-refractivity contribution in [3.8, 4) is 5.69 Å². The van der Waals surface area contributed by atoms with Crippen molar-refractivity contribution in [1.29, 1.82) is 0 Å². The van der Waals surface area contributed by atoms with Gasteiger partial charge in [-0.2, -0.15) is 0 Å². The molecule has 0 atom stereocenters. The fraction of sp³-hybridized carbons (Fsp3) is 0.118. The van der Waals surface area contributed by atoms with Crippen molar-refractivity contribution in [2.75, 3.05) is 13.7 Å². The van der Waals surface area contributed by atoms with Crippen molar-refractivity contribution in [2.45, 2.75) is 0 Å². The fourth-order valence-corrected chi connectivity index (χ4v) is 3.12. The molecule has 0 unspecified atom stereocenters. The van der Waals surface area contributed by atoms with E-state index in [0.29, 0.717) is 0 Å². The fourth-order valence-electron chi connectivity index (χ4n) is 2.30. The number of methoxy groups -OCH3 is 1. The molecule has 7 heteroatoms. The summed E-state index contributed by atoms with van der Waals surface area (Å²) in [6.45, 7) is -0.377. The lowest BCUT2D eigenvalue weighted by Crippen LogP contribution is -2.34. The molecule has 0 N–H and O–H groups in total. The minimum Gasteiger partial charge on any atom is -0.468 e. The van der Waals surface area contributed by atoms with Crippen LogP contribution in [0.1, 0.15) is 5.69 Å². The molecule has 0 bridgehead atoms. The number of aromatic nitrogens is 1. The van der Waals surface area contributed by atoms with Crippen molar-refractivity contribution in [3.63, 3.8) is 0 Å². The van der Waals surface area contributed by atoms with Gasteiger partial charge in [0.05, 0.1) is 12.0 Å². The number of ether oxygens (including phenoxy) is 1. The number of hydrogen-bond donors (Lipinski definition) is 0. The Kier molecular flexibility index (Phi) is 4.52. The summed E-state index contributed by atoms with van der Waals surface area (Å²) in [6, 6.07) is 13.4. The molecule has 2 amide bonds. The normalized spacial score (nSPS) is 16.0. The van der Waals surface area contributed by atoms with E-state index >= 15 is 0 Å². The zero-order valence-corrected chi connectivity index (χ0v) is 13.7. The van der Waals surface area contributed by atoms with E-state index in [2.05, 4.69) is 4.74 Å². The van der Waals surface area contributed by atoms with E-state index in [1.165, 1.54) is 7.11 Å². The molecule has 3 rings (SSSR count). The lowest BCUT2D eigenvalue weighted by atomic mass is 10.3. The Labute approximate surface area is 142 Å². The molecular formula is C17H14N2O4S. The number of imide groups is 1. The minimum atomic E-state index is -0.633. The molecule has 1 fully saturated rings. The first kappa shape index (κ1) is 16.1. The monoisotopic (exact) mass is 342 g/mol. The zero-order valence-electron chi connectivity index (χ0n) is 12.8. The number of rotatable bonds is 4. The molecule has 2 heterocycles. The number of thioether (sulfide) groups is 1. The Morgan fingerprint density at radius 1 is 1.17 bits per heavy atom. The molecule has 0 radical (unpaired) electrons. The minimum absolute atomic E-state index is 0.278. The number of carbonyl (C=O) groups is 3. The number of para-hydroxylation sites is 1. The molecular weight excluding hydrogens is 328 g/mol. The molecule has 1 aromatic carbocycles. The number of nitrogens with zero attached hydrogens (tertiary/aromatic N) is 2. The first-order valence-corrected chi connectivity index (χ1v) is 7.97. The molecule has 1 saturated heterocycles. The van der Waals surface area contributed by atoms with Gasteiger partial charge in [0.25, 0.3) is 11.1 Å². The molecule has 1 aliphatic heterocycles. The van der Waals surface area contributed by atoms with Crippen LogP contribution in [0.3, 0.4) is 0 Å². The quantitative estimate of drug-likeness (QED) is 0.631. The van der Waals surface area contributed by atoms with E-state index in [1.54, 1.807) is 6.08 Å². The van der Waals surface area contributed by atoms with Crippen LogP contribution >= 0.6 is 11.8 Å². The molecule has 24 heavy (non-hydrogen) atoms. The standard InChI is InChI=1S/C17H14N2O4S/c1-23-15(20)11-19-16(21)14(24-17(19)22)10-13-8-5-9-18(13)12-6-3-2-4-7-12/h2-10H,11H2,1H3/b14-10+. The second kappa shape index (κ2) is 6.76. The average molecular weight is 342 g/mol. The van der Waals surface area contributed by atoms with Gasteiger partial charge in [-0.15, -0.1) is 0 Å². The van der Waals surface area contributed by atoms with E-state index in [4.69, 9.17) is 0 Å². The number of hydrogen-bond acceptors (Lipinski definition) is 5. The van der Waals surface area contributed by atoms with Gasteiger partial charge in [-0.1, -0.05) is 18.2 Å². The molecule has 1 aliphatic rings. The van der Waals surface area contributed by atoms with Gasteiger partial charge in [0, 0.05) is 17.6 Å². The van der Waals surface area contributed by atoms with Crippen LogP contribution in [-0.4, -0.2) is 40.2 Å². The Balaban J connectivity index is 1.88. The Hall–Kier alpha value is -2.80. The maximum atomic E-state index is 12.3. The van der Waals surface area contributed by atoms with E-state index in [1.807, 2.05) is 53.2 Å². The van der Waals surface area contributed by atoms with Crippen LogP contribution in [0, 0.1) is 0 Å². The molecule has 6 nitrogen and oxygen atoms in total. The SMILES string of the molecule is COC(=O)CN1C(=O)S/C(=C/c2cccn2-c2ccccc2)C1=O. The lowest BCUT2D eigenvalue weighted by Gasteiger charge is -2.10. The van der Waals surface area contributed by atoms with Gasteiger partial charge < -0.3 is 9.30 Å². The van der Waals surface area contributed by atoms with Crippen LogP contribution in [0.25, 0.3) is 11.8 Å². The van der Waals surface area contributed by atoms with Crippen LogP contribution < -0.4 is 0 Å². The lowest BCUT2D eigenvalue weighted by molar-refractivity contribution is -0.143. The summed E-state index contributed by atoms with van der Waals surface area (Å²) >= 11 is 0.814. The van der Waals surface area contributed by atoms with Crippen molar-refractivity contribution in [2.24, 2.45) is 0 Å². The molecule has 2 aromatic rings. The largest absolute Gasteiger partial charge is 0.468 e. The number of amides is 2. The van der Waals surface area contributed by atoms with Crippen molar-refractivity contribution < 1.29 is 19.1 Å². The van der Waals surface area contributed by atoms with E-state index < -0.39 is 17.1 Å². The van der Waals surface area contributed by atoms with Crippen LogP contribution in [0.15, 0.2) is 53.6 Å². The van der Waals surface area contributed by atoms with Gasteiger partial charge in [0.1, 0.15) is 6.54 Å². The molecule has 122 valence electrons. The van der Waals surface area contributed by atoms with Crippen molar-refractivity contribution >= 4 is 35.0 Å². The average Bonchev–Trinajstić information content (AvgIpc) is 3.16. The number of carbonyl (C=O) groups excluding carboxylic acids is 3. The highest BCUT2D eigenvalue weighted by Crippen LogP contribution is 2.32. The summed E-state index contributed by atoms with van der Waals surface area (Å²) < 4.78 is 6.42. The van der Waals surface area contributed by atoms with Crippen molar-refractivity contribution in [3.05, 3.63) is 59.3 Å². The summed E-state index contributed by atoms with van der Waals surface area (Å²) in [6.07, 6.45) is 3.52. The first-order valence-electron chi connectivity index (χ1n) is 7.15. The predicted octanol–water partition coefficient (Wildman–Crippen LogP) is 2.69. The van der Waals surface area contributed by atoms with Crippen LogP contribution in [-0.2, 0) is 14.3 Å². The van der Waals surface area contributed by atoms with E-state index in [0.717, 1.165) is 28.0 Å². The van der Waals surface area contributed by atoms with Gasteiger partial charge >= 0.3 is 5.97 Å². The number of esters is 1. The van der Waals surface area contributed by atoms with Gasteiger partial charge in [-0.05, 0) is 42.1 Å². The van der Waals surface area contributed by atoms with Gasteiger partial charge in [0.2, 0.25) is 0 Å². The number of benzene rings is 1. The molecule has 1 aromatic heterocycles. The summed E-state index contributed by atoms with van der Waals surface area (Å²) in [5.41, 5.74) is 1.72. The highest BCUT2D eigenvalue weighted by atomic mass is 32.2. The van der Waals surface area contributed by atoms with Crippen LogP contribution in [0.5, 0.6) is 0 Å². The summed E-state index contributed by atoms with van der Waals surface area (Å²) in [5, 5.41) is -0.477. The zero-order chi connectivity index (χ0) is 17.1. The Bertz CT molecular complexity index is 826. The van der Waals surface area contributed by atoms with Gasteiger partial charge in [-0.3, -0.25) is 19.3 Å². The molecule has 0 aliphatic carbocycles. The van der Waals surface area contributed by atoms with Crippen molar-refractivity contribution in [1.82, 2.24) is 9.47 Å². The van der Waals surface area contributed by atoms with E-state index in [9.17, 15) is 14.4 Å². The van der Waals surface area contributed by atoms with Crippen LogP contribution in [0.2, 0.25) is 0 Å². The maximum Gasteiger partial charge on any atom is 0.325 e. The summed E-state index contributed by atoms with van der Waals surface area (Å²) in [4.78, 5) is 36.8. The maximum absolute atomic E-state index is 12.3. The van der Waals surface area contributed by atoms with Gasteiger partial charge in [0.15, 0.2) is 0 Å². The second-order valence-corrected chi connectivity index (χ2v) is 5.98. The highest BCUT2D eigenvalue weighted by Gasteiger charge is 2.36. The molecule has 0 spiro atoms. The smallest absolute Gasteiger partial charge is 0.325 e. The Morgan fingerprint density at radius 2 is 1.92 bits per heavy atom. The van der Waals surface area contributed by atoms with E-state index in [-0.39, 0.29) is 11.4 Å². The van der Waals surface area contributed by atoms with Crippen LogP contribution in [0.4, 0.5) is 4.79 Å². The third kappa shape index (κ3) is 3.11. The predicted molar refractivity (Wildman–Crippen MR) is 90.5 cm³/mol. The topological polar surface area (TPSA) is 68.6 Å².